The number of nitrogens with one attached hydrogen (secondary N) is 2. The molecule has 0 spiro atoms. The minimum atomic E-state index is -3.44. The standard InChI is InChI=1S/C16H26N2O2S/c1-4-17-21(19,20)16-8-6-5-7-14(16)18-15-11-12(2)9-10-13(15)3/h5-8,12-13,15,17-18H,4,9-11H2,1-3H3. The summed E-state index contributed by atoms with van der Waals surface area (Å²) >= 11 is 0. The molecule has 1 saturated carbocycles. The van der Waals surface area contributed by atoms with Gasteiger partial charge in [-0.05, 0) is 36.8 Å². The molecule has 0 aromatic heterocycles. The van der Waals surface area contributed by atoms with Crippen LogP contribution in [0.3, 0.4) is 0 Å². The maximum atomic E-state index is 12.3. The lowest BCUT2D eigenvalue weighted by molar-refractivity contribution is 0.280. The Labute approximate surface area is 128 Å². The molecule has 2 rings (SSSR count). The molecule has 0 amide bonds. The van der Waals surface area contributed by atoms with Crippen molar-refractivity contribution < 1.29 is 8.42 Å². The van der Waals surface area contributed by atoms with Crippen molar-refractivity contribution in [2.45, 2.75) is 51.0 Å². The second-order valence-electron chi connectivity index (χ2n) is 6.14. The number of anilines is 1. The van der Waals surface area contributed by atoms with Crippen molar-refractivity contribution in [1.82, 2.24) is 4.72 Å². The molecule has 1 aromatic carbocycles. The van der Waals surface area contributed by atoms with Crippen LogP contribution in [-0.2, 0) is 10.0 Å². The van der Waals surface area contributed by atoms with Crippen molar-refractivity contribution in [1.29, 1.82) is 0 Å². The van der Waals surface area contributed by atoms with E-state index in [2.05, 4.69) is 23.9 Å². The molecule has 1 aliphatic rings. The molecule has 5 heteroatoms. The highest BCUT2D eigenvalue weighted by Gasteiger charge is 2.27. The number of sulfonamides is 1. The molecule has 3 atom stereocenters. The Morgan fingerprint density at radius 3 is 2.62 bits per heavy atom. The first-order valence-corrected chi connectivity index (χ1v) is 9.27. The van der Waals surface area contributed by atoms with E-state index in [-0.39, 0.29) is 0 Å². The number of hydrogen-bond acceptors (Lipinski definition) is 3. The van der Waals surface area contributed by atoms with Gasteiger partial charge in [0.25, 0.3) is 0 Å². The summed E-state index contributed by atoms with van der Waals surface area (Å²) in [5.41, 5.74) is 0.712. The van der Waals surface area contributed by atoms with Crippen LogP contribution in [0.25, 0.3) is 0 Å². The Balaban J connectivity index is 2.24. The van der Waals surface area contributed by atoms with Crippen molar-refractivity contribution in [3.8, 4) is 0 Å². The highest BCUT2D eigenvalue weighted by molar-refractivity contribution is 7.89. The van der Waals surface area contributed by atoms with Gasteiger partial charge in [0.1, 0.15) is 4.90 Å². The van der Waals surface area contributed by atoms with Gasteiger partial charge in [0.2, 0.25) is 10.0 Å². The predicted octanol–water partition coefficient (Wildman–Crippen LogP) is 3.22. The summed E-state index contributed by atoms with van der Waals surface area (Å²) in [6.45, 7) is 6.69. The first-order valence-electron chi connectivity index (χ1n) is 7.79. The third kappa shape index (κ3) is 3.98. The highest BCUT2D eigenvalue weighted by atomic mass is 32.2. The minimum Gasteiger partial charge on any atom is -0.381 e. The van der Waals surface area contributed by atoms with Crippen LogP contribution < -0.4 is 10.0 Å². The quantitative estimate of drug-likeness (QED) is 0.878. The fraction of sp³-hybridized carbons (Fsp3) is 0.625. The molecule has 0 saturated heterocycles. The lowest BCUT2D eigenvalue weighted by Gasteiger charge is -2.34. The van der Waals surface area contributed by atoms with E-state index < -0.39 is 10.0 Å². The molecular weight excluding hydrogens is 284 g/mol. The van der Waals surface area contributed by atoms with E-state index in [0.717, 1.165) is 6.42 Å². The molecule has 0 bridgehead atoms. The van der Waals surface area contributed by atoms with Gasteiger partial charge >= 0.3 is 0 Å². The van der Waals surface area contributed by atoms with Gasteiger partial charge in [0.05, 0.1) is 5.69 Å². The summed E-state index contributed by atoms with van der Waals surface area (Å²) in [5.74, 6) is 1.26. The van der Waals surface area contributed by atoms with Crippen molar-refractivity contribution >= 4 is 15.7 Å². The molecule has 118 valence electrons. The predicted molar refractivity (Wildman–Crippen MR) is 86.9 cm³/mol. The van der Waals surface area contributed by atoms with Gasteiger partial charge in [0, 0.05) is 12.6 Å². The van der Waals surface area contributed by atoms with E-state index in [0.29, 0.717) is 35.0 Å². The van der Waals surface area contributed by atoms with Crippen LogP contribution in [0, 0.1) is 11.8 Å². The molecule has 1 fully saturated rings. The van der Waals surface area contributed by atoms with Crippen LogP contribution >= 0.6 is 0 Å². The van der Waals surface area contributed by atoms with Crippen LogP contribution in [-0.4, -0.2) is 21.0 Å². The summed E-state index contributed by atoms with van der Waals surface area (Å²) in [5, 5.41) is 3.47. The molecule has 1 aliphatic carbocycles. The number of rotatable bonds is 5. The number of benzene rings is 1. The van der Waals surface area contributed by atoms with E-state index in [1.165, 1.54) is 12.8 Å². The van der Waals surface area contributed by atoms with Crippen molar-refractivity contribution in [2.24, 2.45) is 11.8 Å². The zero-order valence-electron chi connectivity index (χ0n) is 13.1. The number of hydrogen-bond donors (Lipinski definition) is 2. The molecule has 0 radical (unpaired) electrons. The Kier molecular flexibility index (Phi) is 5.27. The monoisotopic (exact) mass is 310 g/mol. The summed E-state index contributed by atoms with van der Waals surface area (Å²) in [6, 6.07) is 7.51. The normalized spacial score (nSPS) is 26.5. The third-order valence-electron chi connectivity index (χ3n) is 4.31. The first kappa shape index (κ1) is 16.3. The smallest absolute Gasteiger partial charge is 0.242 e. The zero-order valence-corrected chi connectivity index (χ0v) is 13.9. The number of para-hydroxylation sites is 1. The average molecular weight is 310 g/mol. The maximum Gasteiger partial charge on any atom is 0.242 e. The molecule has 0 aliphatic heterocycles. The van der Waals surface area contributed by atoms with Gasteiger partial charge in [-0.1, -0.05) is 39.3 Å². The summed E-state index contributed by atoms with van der Waals surface area (Å²) < 4.78 is 27.1. The molecule has 3 unspecified atom stereocenters. The van der Waals surface area contributed by atoms with Crippen LogP contribution in [0.2, 0.25) is 0 Å². The van der Waals surface area contributed by atoms with E-state index in [4.69, 9.17) is 0 Å². The molecule has 21 heavy (non-hydrogen) atoms. The third-order valence-corrected chi connectivity index (χ3v) is 5.91. The van der Waals surface area contributed by atoms with Gasteiger partial charge in [-0.15, -0.1) is 0 Å². The Bertz CT molecular complexity index is 571. The van der Waals surface area contributed by atoms with Crippen LogP contribution in [0.5, 0.6) is 0 Å². The van der Waals surface area contributed by atoms with E-state index in [9.17, 15) is 8.42 Å². The van der Waals surface area contributed by atoms with Crippen molar-refractivity contribution in [3.63, 3.8) is 0 Å². The van der Waals surface area contributed by atoms with E-state index in [1.807, 2.05) is 12.1 Å². The van der Waals surface area contributed by atoms with Gasteiger partial charge < -0.3 is 5.32 Å². The molecule has 0 heterocycles. The van der Waals surface area contributed by atoms with E-state index in [1.54, 1.807) is 19.1 Å². The van der Waals surface area contributed by atoms with Gasteiger partial charge in [0.15, 0.2) is 0 Å². The van der Waals surface area contributed by atoms with Crippen LogP contribution in [0.15, 0.2) is 29.2 Å². The lowest BCUT2D eigenvalue weighted by Crippen LogP contribution is -2.34. The lowest BCUT2D eigenvalue weighted by atomic mass is 9.80. The largest absolute Gasteiger partial charge is 0.381 e. The van der Waals surface area contributed by atoms with Gasteiger partial charge in [-0.3, -0.25) is 0 Å². The SMILES string of the molecule is CCNS(=O)(=O)c1ccccc1NC1CC(C)CCC1C. The average Bonchev–Trinajstić information content (AvgIpc) is 2.43. The topological polar surface area (TPSA) is 58.2 Å². The highest BCUT2D eigenvalue weighted by Crippen LogP contribution is 2.32. The molecule has 1 aromatic rings. The minimum absolute atomic E-state index is 0.340. The Morgan fingerprint density at radius 2 is 1.90 bits per heavy atom. The zero-order chi connectivity index (χ0) is 15.5. The van der Waals surface area contributed by atoms with Gasteiger partial charge in [-0.2, -0.15) is 0 Å². The van der Waals surface area contributed by atoms with Crippen molar-refractivity contribution in [3.05, 3.63) is 24.3 Å². The fourth-order valence-electron chi connectivity index (χ4n) is 3.02. The Morgan fingerprint density at radius 1 is 1.19 bits per heavy atom. The maximum absolute atomic E-state index is 12.3. The molecule has 4 nitrogen and oxygen atoms in total. The summed E-state index contributed by atoms with van der Waals surface area (Å²) in [7, 11) is -3.44. The van der Waals surface area contributed by atoms with Crippen LogP contribution in [0.4, 0.5) is 5.69 Å². The Hall–Kier alpha value is -1.07. The molecule has 2 N–H and O–H groups in total. The summed E-state index contributed by atoms with van der Waals surface area (Å²) in [4.78, 5) is 0.345. The summed E-state index contributed by atoms with van der Waals surface area (Å²) in [6.07, 6.45) is 3.55. The fourth-order valence-corrected chi connectivity index (χ4v) is 4.23. The van der Waals surface area contributed by atoms with Gasteiger partial charge in [-0.25, -0.2) is 13.1 Å². The first-order chi connectivity index (χ1) is 9.94. The van der Waals surface area contributed by atoms with Crippen LogP contribution in [0.1, 0.15) is 40.0 Å². The molecular formula is C16H26N2O2S. The van der Waals surface area contributed by atoms with Crippen molar-refractivity contribution in [2.75, 3.05) is 11.9 Å². The van der Waals surface area contributed by atoms with E-state index >= 15 is 0 Å². The second kappa shape index (κ2) is 6.79. The second-order valence-corrected chi connectivity index (χ2v) is 7.88.